The van der Waals surface area contributed by atoms with Crippen LogP contribution in [0.25, 0.3) is 0 Å². The number of hydrogen-bond donors (Lipinski definition) is 2. The van der Waals surface area contributed by atoms with E-state index in [0.717, 1.165) is 5.56 Å². The van der Waals surface area contributed by atoms with Gasteiger partial charge in [0.25, 0.3) is 0 Å². The van der Waals surface area contributed by atoms with Crippen LogP contribution in [-0.2, 0) is 16.6 Å². The average molecular weight is 281 g/mol. The van der Waals surface area contributed by atoms with Crippen LogP contribution in [0, 0.1) is 13.8 Å². The van der Waals surface area contributed by atoms with E-state index in [2.05, 4.69) is 9.88 Å². The molecule has 0 aliphatic rings. The Morgan fingerprint density at radius 3 is 2.74 bits per heavy atom. The lowest BCUT2D eigenvalue weighted by atomic mass is 10.1. The Balaban J connectivity index is 2.29. The van der Waals surface area contributed by atoms with Gasteiger partial charge in [0, 0.05) is 11.8 Å². The molecule has 2 rings (SSSR count). The van der Waals surface area contributed by atoms with Crippen LogP contribution in [0.3, 0.4) is 0 Å². The van der Waals surface area contributed by atoms with E-state index in [1.807, 2.05) is 6.92 Å². The summed E-state index contributed by atoms with van der Waals surface area (Å²) in [4.78, 5) is 0.185. The van der Waals surface area contributed by atoms with Crippen LogP contribution >= 0.6 is 0 Å². The second-order valence-corrected chi connectivity index (χ2v) is 6.00. The van der Waals surface area contributed by atoms with Crippen LogP contribution in [0.15, 0.2) is 33.8 Å². The molecule has 0 aliphatic carbocycles. The van der Waals surface area contributed by atoms with Crippen LogP contribution in [0.2, 0.25) is 0 Å². The molecule has 3 N–H and O–H groups in total. The first-order chi connectivity index (χ1) is 8.90. The SMILES string of the molecule is Cc1cc(N)cc(S(=O)(=O)NCc2ccno2)c1C. The molecule has 0 saturated carbocycles. The van der Waals surface area contributed by atoms with E-state index < -0.39 is 10.0 Å². The fraction of sp³-hybridized carbons (Fsp3) is 0.250. The molecule has 0 saturated heterocycles. The molecule has 0 spiro atoms. The number of nitrogens with zero attached hydrogens (tertiary/aromatic N) is 1. The van der Waals surface area contributed by atoms with Gasteiger partial charge in [0.05, 0.1) is 17.6 Å². The zero-order valence-corrected chi connectivity index (χ0v) is 11.5. The topological polar surface area (TPSA) is 98.2 Å². The maximum Gasteiger partial charge on any atom is 0.241 e. The van der Waals surface area contributed by atoms with Crippen LogP contribution in [0.1, 0.15) is 16.9 Å². The minimum absolute atomic E-state index is 0.0512. The highest BCUT2D eigenvalue weighted by Gasteiger charge is 2.18. The summed E-state index contributed by atoms with van der Waals surface area (Å²) in [6.07, 6.45) is 1.46. The molecule has 6 nitrogen and oxygen atoms in total. The van der Waals surface area contributed by atoms with Crippen molar-refractivity contribution in [2.24, 2.45) is 0 Å². The summed E-state index contributed by atoms with van der Waals surface area (Å²) < 4.78 is 31.7. The highest BCUT2D eigenvalue weighted by Crippen LogP contribution is 2.22. The number of benzene rings is 1. The van der Waals surface area contributed by atoms with E-state index >= 15 is 0 Å². The third kappa shape index (κ3) is 2.94. The van der Waals surface area contributed by atoms with Crippen LogP contribution in [-0.4, -0.2) is 13.6 Å². The summed E-state index contributed by atoms with van der Waals surface area (Å²) in [7, 11) is -3.63. The molecule has 0 atom stereocenters. The van der Waals surface area contributed by atoms with Crippen molar-refractivity contribution in [2.45, 2.75) is 25.3 Å². The van der Waals surface area contributed by atoms with Gasteiger partial charge in [-0.15, -0.1) is 0 Å². The lowest BCUT2D eigenvalue weighted by Crippen LogP contribution is -2.24. The predicted molar refractivity (Wildman–Crippen MR) is 70.9 cm³/mol. The summed E-state index contributed by atoms with van der Waals surface area (Å²) in [6, 6.07) is 4.79. The lowest BCUT2D eigenvalue weighted by Gasteiger charge is -2.11. The zero-order valence-electron chi connectivity index (χ0n) is 10.7. The quantitative estimate of drug-likeness (QED) is 0.824. The summed E-state index contributed by atoms with van der Waals surface area (Å²) in [5, 5.41) is 3.51. The first kappa shape index (κ1) is 13.6. The maximum atomic E-state index is 12.2. The van der Waals surface area contributed by atoms with Gasteiger partial charge >= 0.3 is 0 Å². The molecule has 0 aliphatic heterocycles. The Morgan fingerprint density at radius 2 is 2.11 bits per heavy atom. The van der Waals surface area contributed by atoms with Crippen molar-refractivity contribution in [3.8, 4) is 0 Å². The lowest BCUT2D eigenvalue weighted by molar-refractivity contribution is 0.380. The minimum atomic E-state index is -3.63. The number of anilines is 1. The van der Waals surface area contributed by atoms with Crippen molar-refractivity contribution in [3.05, 3.63) is 41.3 Å². The fourth-order valence-corrected chi connectivity index (χ4v) is 3.05. The molecular weight excluding hydrogens is 266 g/mol. The van der Waals surface area contributed by atoms with Crippen molar-refractivity contribution < 1.29 is 12.9 Å². The zero-order chi connectivity index (χ0) is 14.0. The van der Waals surface area contributed by atoms with E-state index in [9.17, 15) is 8.42 Å². The van der Waals surface area contributed by atoms with Gasteiger partial charge in [0.1, 0.15) is 0 Å². The fourth-order valence-electron chi connectivity index (χ4n) is 1.71. The maximum absolute atomic E-state index is 12.2. The van der Waals surface area contributed by atoms with Gasteiger partial charge in [0.2, 0.25) is 10.0 Å². The van der Waals surface area contributed by atoms with E-state index in [1.54, 1.807) is 19.1 Å². The third-order valence-corrected chi connectivity index (χ3v) is 4.39. The summed E-state index contributed by atoms with van der Waals surface area (Å²) in [6.45, 7) is 3.62. The molecule has 19 heavy (non-hydrogen) atoms. The number of rotatable bonds is 4. The second-order valence-electron chi connectivity index (χ2n) is 4.26. The van der Waals surface area contributed by atoms with Crippen molar-refractivity contribution in [1.82, 2.24) is 9.88 Å². The Hall–Kier alpha value is -1.86. The Morgan fingerprint density at radius 1 is 1.37 bits per heavy atom. The smallest absolute Gasteiger partial charge is 0.241 e. The van der Waals surface area contributed by atoms with Crippen LogP contribution in [0.4, 0.5) is 5.69 Å². The Kier molecular flexibility index (Phi) is 3.59. The summed E-state index contributed by atoms with van der Waals surface area (Å²) >= 11 is 0. The van der Waals surface area contributed by atoms with Gasteiger partial charge in [-0.05, 0) is 37.1 Å². The second kappa shape index (κ2) is 5.02. The molecule has 1 heterocycles. The minimum Gasteiger partial charge on any atom is -0.399 e. The van der Waals surface area contributed by atoms with E-state index in [1.165, 1.54) is 12.3 Å². The molecule has 7 heteroatoms. The monoisotopic (exact) mass is 281 g/mol. The highest BCUT2D eigenvalue weighted by molar-refractivity contribution is 7.89. The van der Waals surface area contributed by atoms with Gasteiger partial charge in [-0.1, -0.05) is 5.16 Å². The van der Waals surface area contributed by atoms with E-state index in [0.29, 0.717) is 17.0 Å². The molecule has 1 aromatic carbocycles. The number of aromatic nitrogens is 1. The Labute approximate surface area is 111 Å². The van der Waals surface area contributed by atoms with Crippen molar-refractivity contribution in [3.63, 3.8) is 0 Å². The normalized spacial score (nSPS) is 11.7. The van der Waals surface area contributed by atoms with Gasteiger partial charge < -0.3 is 10.3 Å². The molecule has 102 valence electrons. The highest BCUT2D eigenvalue weighted by atomic mass is 32.2. The van der Waals surface area contributed by atoms with Gasteiger partial charge in [-0.25, -0.2) is 13.1 Å². The number of nitrogens with one attached hydrogen (secondary N) is 1. The number of sulfonamides is 1. The molecule has 0 amide bonds. The largest absolute Gasteiger partial charge is 0.399 e. The predicted octanol–water partition coefficient (Wildman–Crippen LogP) is 1.35. The number of hydrogen-bond acceptors (Lipinski definition) is 5. The summed E-state index contributed by atoms with van der Waals surface area (Å²) in [5.74, 6) is 0.446. The van der Waals surface area contributed by atoms with Gasteiger partial charge in [-0.3, -0.25) is 0 Å². The summed E-state index contributed by atoms with van der Waals surface area (Å²) in [5.41, 5.74) is 7.63. The van der Waals surface area contributed by atoms with E-state index in [-0.39, 0.29) is 11.4 Å². The molecule has 0 unspecified atom stereocenters. The number of nitrogens with two attached hydrogens (primary N) is 1. The number of aryl methyl sites for hydroxylation is 1. The first-order valence-electron chi connectivity index (χ1n) is 5.66. The standard InChI is InChI=1S/C12H15N3O3S/c1-8-5-10(13)6-12(9(8)2)19(16,17)15-7-11-3-4-14-18-11/h3-6,15H,7,13H2,1-2H3. The molecule has 0 fully saturated rings. The van der Waals surface area contributed by atoms with Crippen LogP contribution in [0.5, 0.6) is 0 Å². The van der Waals surface area contributed by atoms with Gasteiger partial charge in [0.15, 0.2) is 5.76 Å². The first-order valence-corrected chi connectivity index (χ1v) is 7.14. The molecule has 1 aromatic heterocycles. The van der Waals surface area contributed by atoms with E-state index in [4.69, 9.17) is 10.3 Å². The van der Waals surface area contributed by atoms with Crippen molar-refractivity contribution in [2.75, 3.05) is 5.73 Å². The molecule has 2 aromatic rings. The Bertz CT molecular complexity index is 678. The average Bonchev–Trinajstić information content (AvgIpc) is 2.84. The third-order valence-electron chi connectivity index (χ3n) is 2.86. The van der Waals surface area contributed by atoms with Gasteiger partial charge in [-0.2, -0.15) is 0 Å². The van der Waals surface area contributed by atoms with Crippen molar-refractivity contribution in [1.29, 1.82) is 0 Å². The number of nitrogen functional groups attached to an aromatic ring is 1. The van der Waals surface area contributed by atoms with Crippen molar-refractivity contribution >= 4 is 15.7 Å². The molecule has 0 bridgehead atoms. The van der Waals surface area contributed by atoms with Crippen LogP contribution < -0.4 is 10.5 Å². The molecule has 0 radical (unpaired) electrons. The molecular formula is C12H15N3O3S.